The van der Waals surface area contributed by atoms with Crippen LogP contribution in [0.2, 0.25) is 0 Å². The maximum Gasteiger partial charge on any atom is 0.214 e. The zero-order valence-corrected chi connectivity index (χ0v) is 15.7. The Hall–Kier alpha value is -1.18. The van der Waals surface area contributed by atoms with E-state index in [-0.39, 0.29) is 5.41 Å². The number of piperazine rings is 1. The van der Waals surface area contributed by atoms with E-state index in [0.717, 1.165) is 55.1 Å². The van der Waals surface area contributed by atoms with Crippen LogP contribution in [0, 0.1) is 0 Å². The summed E-state index contributed by atoms with van der Waals surface area (Å²) in [5.74, 6) is 0. The van der Waals surface area contributed by atoms with Gasteiger partial charge in [0, 0.05) is 44.7 Å². The topological polar surface area (TPSA) is 45.9 Å². The normalized spacial score (nSPS) is 23.5. The monoisotopic (exact) mass is 349 g/mol. The number of fused-ring (bicyclic) bond motifs is 1. The summed E-state index contributed by atoms with van der Waals surface area (Å²) in [6.45, 7) is 12.9. The highest BCUT2D eigenvalue weighted by atomic mass is 32.1. The fourth-order valence-electron chi connectivity index (χ4n) is 3.38. The van der Waals surface area contributed by atoms with Gasteiger partial charge in [0.1, 0.15) is 0 Å². The minimum Gasteiger partial charge on any atom is -0.377 e. The van der Waals surface area contributed by atoms with E-state index in [2.05, 4.69) is 36.8 Å². The molecule has 2 aliphatic heterocycles. The lowest BCUT2D eigenvalue weighted by atomic mass is 9.93. The van der Waals surface area contributed by atoms with Gasteiger partial charge < -0.3 is 9.64 Å². The highest BCUT2D eigenvalue weighted by Crippen LogP contribution is 2.28. The minimum atomic E-state index is 0.0710. The maximum atomic E-state index is 5.76. The Morgan fingerprint density at radius 1 is 1.25 bits per heavy atom. The maximum absolute atomic E-state index is 5.76. The number of rotatable bonds is 3. The van der Waals surface area contributed by atoms with Crippen molar-refractivity contribution in [2.45, 2.75) is 45.1 Å². The largest absolute Gasteiger partial charge is 0.377 e. The molecule has 2 aliphatic rings. The van der Waals surface area contributed by atoms with Gasteiger partial charge in [0.15, 0.2) is 0 Å². The molecule has 2 aromatic rings. The molecule has 0 amide bonds. The Morgan fingerprint density at radius 2 is 2.04 bits per heavy atom. The third-order valence-corrected chi connectivity index (χ3v) is 5.91. The quantitative estimate of drug-likeness (QED) is 0.851. The molecule has 1 atom stereocenters. The first-order valence-electron chi connectivity index (χ1n) is 8.95. The summed E-state index contributed by atoms with van der Waals surface area (Å²) >= 11 is 1.70. The number of nitrogens with zero attached hydrogens (tertiary/aromatic N) is 5. The van der Waals surface area contributed by atoms with E-state index in [1.165, 1.54) is 12.8 Å². The summed E-state index contributed by atoms with van der Waals surface area (Å²) < 4.78 is 7.70. The average molecular weight is 350 g/mol. The molecule has 0 aromatic carbocycles. The molecule has 4 heterocycles. The van der Waals surface area contributed by atoms with E-state index in [9.17, 15) is 0 Å². The Balaban J connectivity index is 1.38. The summed E-state index contributed by atoms with van der Waals surface area (Å²) in [5.41, 5.74) is 1.18. The number of hydrogen-bond acceptors (Lipinski definition) is 6. The Labute approximate surface area is 147 Å². The van der Waals surface area contributed by atoms with Crippen molar-refractivity contribution in [1.29, 1.82) is 0 Å². The lowest BCUT2D eigenvalue weighted by Gasteiger charge is -2.35. The first-order valence-corrected chi connectivity index (χ1v) is 9.76. The third-order valence-electron chi connectivity index (χ3n) is 4.93. The zero-order chi connectivity index (χ0) is 16.7. The molecule has 1 unspecified atom stereocenters. The summed E-state index contributed by atoms with van der Waals surface area (Å²) in [5, 5.41) is 5.85. The first kappa shape index (κ1) is 16.3. The van der Waals surface area contributed by atoms with E-state index in [0.29, 0.717) is 6.10 Å². The predicted molar refractivity (Wildman–Crippen MR) is 97.2 cm³/mol. The molecular weight excluding hydrogens is 322 g/mol. The summed E-state index contributed by atoms with van der Waals surface area (Å²) in [6.07, 6.45) is 4.97. The lowest BCUT2D eigenvalue weighted by Crippen LogP contribution is -2.48. The van der Waals surface area contributed by atoms with Crippen molar-refractivity contribution in [1.82, 2.24) is 19.5 Å². The number of imidazole rings is 1. The second-order valence-corrected chi connectivity index (χ2v) is 8.85. The molecule has 0 N–H and O–H groups in total. The van der Waals surface area contributed by atoms with Crippen LogP contribution in [0.1, 0.15) is 39.3 Å². The van der Waals surface area contributed by atoms with Crippen LogP contribution in [0.4, 0.5) is 5.13 Å². The second-order valence-electron chi connectivity index (χ2n) is 7.91. The van der Waals surface area contributed by atoms with Crippen LogP contribution in [-0.2, 0) is 10.2 Å². The van der Waals surface area contributed by atoms with Gasteiger partial charge in [-0.25, -0.2) is 9.50 Å². The van der Waals surface area contributed by atoms with Crippen molar-refractivity contribution >= 4 is 21.4 Å². The highest BCUT2D eigenvalue weighted by Gasteiger charge is 2.25. The van der Waals surface area contributed by atoms with Gasteiger partial charge >= 0.3 is 0 Å². The van der Waals surface area contributed by atoms with Crippen LogP contribution in [0.15, 0.2) is 6.20 Å². The van der Waals surface area contributed by atoms with Gasteiger partial charge in [-0.1, -0.05) is 32.1 Å². The van der Waals surface area contributed by atoms with Crippen molar-refractivity contribution < 1.29 is 4.74 Å². The van der Waals surface area contributed by atoms with Crippen LogP contribution in [0.3, 0.4) is 0 Å². The minimum absolute atomic E-state index is 0.0710. The molecule has 132 valence electrons. The smallest absolute Gasteiger partial charge is 0.214 e. The zero-order valence-electron chi connectivity index (χ0n) is 14.9. The standard InChI is InChI=1S/C17H27N5OS/c1-17(2,3)14-12-22-15(18-14)24-16(19-22)21-8-6-20(7-9-21)11-13-5-4-10-23-13/h12-13H,4-11H2,1-3H3. The molecule has 0 aliphatic carbocycles. The van der Waals surface area contributed by atoms with E-state index < -0.39 is 0 Å². The molecule has 4 rings (SSSR count). The Bertz CT molecular complexity index is 658. The van der Waals surface area contributed by atoms with E-state index in [1.54, 1.807) is 11.3 Å². The molecule has 7 heteroatoms. The van der Waals surface area contributed by atoms with Gasteiger partial charge in [0.25, 0.3) is 0 Å². The van der Waals surface area contributed by atoms with Crippen molar-refractivity contribution in [3.05, 3.63) is 11.9 Å². The highest BCUT2D eigenvalue weighted by molar-refractivity contribution is 7.20. The van der Waals surface area contributed by atoms with E-state index in [4.69, 9.17) is 14.8 Å². The number of anilines is 1. The van der Waals surface area contributed by atoms with Gasteiger partial charge in [-0.15, -0.1) is 5.10 Å². The molecule has 2 fully saturated rings. The van der Waals surface area contributed by atoms with E-state index in [1.807, 2.05) is 4.52 Å². The Morgan fingerprint density at radius 3 is 2.67 bits per heavy atom. The second kappa shape index (κ2) is 6.28. The number of aromatic nitrogens is 3. The van der Waals surface area contributed by atoms with Gasteiger partial charge in [0.2, 0.25) is 10.1 Å². The van der Waals surface area contributed by atoms with Gasteiger partial charge in [0.05, 0.1) is 18.0 Å². The van der Waals surface area contributed by atoms with E-state index >= 15 is 0 Å². The molecule has 0 bridgehead atoms. The van der Waals surface area contributed by atoms with Crippen LogP contribution in [-0.4, -0.2) is 64.9 Å². The molecule has 2 aromatic heterocycles. The van der Waals surface area contributed by atoms with Gasteiger partial charge in [-0.2, -0.15) is 0 Å². The van der Waals surface area contributed by atoms with Crippen LogP contribution in [0.5, 0.6) is 0 Å². The molecule has 6 nitrogen and oxygen atoms in total. The SMILES string of the molecule is CC(C)(C)c1cn2nc(N3CCN(CC4CCCO4)CC3)sc2n1. The van der Waals surface area contributed by atoms with Crippen LogP contribution < -0.4 is 4.90 Å². The summed E-state index contributed by atoms with van der Waals surface area (Å²) in [7, 11) is 0. The molecular formula is C17H27N5OS. The fourth-order valence-corrected chi connectivity index (χ4v) is 4.31. The van der Waals surface area contributed by atoms with Crippen molar-refractivity contribution in [2.24, 2.45) is 0 Å². The van der Waals surface area contributed by atoms with Gasteiger partial charge in [-0.05, 0) is 12.8 Å². The lowest BCUT2D eigenvalue weighted by molar-refractivity contribution is 0.0712. The summed E-state index contributed by atoms with van der Waals surface area (Å²) in [4.78, 5) is 10.7. The predicted octanol–water partition coefficient (Wildman–Crippen LogP) is 2.39. The fraction of sp³-hybridized carbons (Fsp3) is 0.765. The van der Waals surface area contributed by atoms with Crippen LogP contribution >= 0.6 is 11.3 Å². The molecule has 0 radical (unpaired) electrons. The van der Waals surface area contributed by atoms with Crippen molar-refractivity contribution in [3.63, 3.8) is 0 Å². The average Bonchev–Trinajstić information content (AvgIpc) is 3.22. The molecule has 2 saturated heterocycles. The summed E-state index contributed by atoms with van der Waals surface area (Å²) in [6, 6.07) is 0. The Kier molecular flexibility index (Phi) is 4.26. The molecule has 0 saturated carbocycles. The van der Waals surface area contributed by atoms with Crippen molar-refractivity contribution in [2.75, 3.05) is 44.2 Å². The van der Waals surface area contributed by atoms with Crippen molar-refractivity contribution in [3.8, 4) is 0 Å². The van der Waals surface area contributed by atoms with Crippen LogP contribution in [0.25, 0.3) is 4.96 Å². The third kappa shape index (κ3) is 3.30. The number of hydrogen-bond donors (Lipinski definition) is 0. The first-order chi connectivity index (χ1) is 11.5. The molecule has 24 heavy (non-hydrogen) atoms. The van der Waals surface area contributed by atoms with Gasteiger partial charge in [-0.3, -0.25) is 4.90 Å². The number of ether oxygens (including phenoxy) is 1. The molecule has 0 spiro atoms.